The molecule has 0 bridgehead atoms. The smallest absolute Gasteiger partial charge is 0.175 e. The van der Waals surface area contributed by atoms with Crippen molar-refractivity contribution in [3.63, 3.8) is 0 Å². The monoisotopic (exact) mass is 366 g/mol. The summed E-state index contributed by atoms with van der Waals surface area (Å²) in [6.45, 7) is 0. The van der Waals surface area contributed by atoms with Crippen LogP contribution >= 0.6 is 28.1 Å². The lowest BCUT2D eigenvalue weighted by atomic mass is 10.2. The molecular formula is C15H15BrN2O2S. The van der Waals surface area contributed by atoms with Gasteiger partial charge in [0.25, 0.3) is 0 Å². The average molecular weight is 367 g/mol. The largest absolute Gasteiger partial charge is 0.497 e. The molecule has 0 saturated carbocycles. The summed E-state index contributed by atoms with van der Waals surface area (Å²) in [4.78, 5) is 0. The first-order valence-electron chi connectivity index (χ1n) is 6.18. The highest BCUT2D eigenvalue weighted by molar-refractivity contribution is 9.10. The molecule has 0 saturated heterocycles. The Morgan fingerprint density at radius 3 is 2.33 bits per heavy atom. The molecule has 110 valence electrons. The zero-order valence-corrected chi connectivity index (χ0v) is 14.0. The highest BCUT2D eigenvalue weighted by atomic mass is 79.9. The SMILES string of the molecule is COc1ccc(OC)c(NC(=S)Nc2ccc(Br)cc2)c1. The van der Waals surface area contributed by atoms with E-state index in [1.54, 1.807) is 14.2 Å². The van der Waals surface area contributed by atoms with E-state index < -0.39 is 0 Å². The highest BCUT2D eigenvalue weighted by Crippen LogP contribution is 2.29. The summed E-state index contributed by atoms with van der Waals surface area (Å²) in [5, 5.41) is 6.69. The van der Waals surface area contributed by atoms with Gasteiger partial charge >= 0.3 is 0 Å². The molecule has 0 atom stereocenters. The van der Waals surface area contributed by atoms with Crippen LogP contribution in [0.2, 0.25) is 0 Å². The fourth-order valence-electron chi connectivity index (χ4n) is 1.73. The van der Waals surface area contributed by atoms with Gasteiger partial charge in [-0.2, -0.15) is 0 Å². The standard InChI is InChI=1S/C15H15BrN2O2S/c1-19-12-7-8-14(20-2)13(9-12)18-15(21)17-11-5-3-10(16)4-6-11/h3-9H,1-2H3,(H2,17,18,21). The van der Waals surface area contributed by atoms with Crippen molar-refractivity contribution in [2.45, 2.75) is 0 Å². The summed E-state index contributed by atoms with van der Waals surface area (Å²) in [6, 6.07) is 13.2. The third-order valence-electron chi connectivity index (χ3n) is 2.76. The average Bonchev–Trinajstić information content (AvgIpc) is 2.49. The summed E-state index contributed by atoms with van der Waals surface area (Å²) >= 11 is 8.70. The van der Waals surface area contributed by atoms with Gasteiger partial charge < -0.3 is 20.1 Å². The van der Waals surface area contributed by atoms with Crippen LogP contribution in [0.25, 0.3) is 0 Å². The lowest BCUT2D eigenvalue weighted by Crippen LogP contribution is -2.19. The molecule has 4 nitrogen and oxygen atoms in total. The van der Waals surface area contributed by atoms with Crippen LogP contribution in [0, 0.1) is 0 Å². The molecule has 2 aromatic rings. The van der Waals surface area contributed by atoms with Crippen molar-refractivity contribution in [2.24, 2.45) is 0 Å². The lowest BCUT2D eigenvalue weighted by Gasteiger charge is -2.14. The molecule has 0 aliphatic carbocycles. The van der Waals surface area contributed by atoms with Crippen molar-refractivity contribution in [1.82, 2.24) is 0 Å². The Hall–Kier alpha value is -1.79. The zero-order valence-electron chi connectivity index (χ0n) is 11.6. The third kappa shape index (κ3) is 4.34. The molecule has 0 amide bonds. The lowest BCUT2D eigenvalue weighted by molar-refractivity contribution is 0.405. The molecule has 0 radical (unpaired) electrons. The summed E-state index contributed by atoms with van der Waals surface area (Å²) in [7, 11) is 3.22. The van der Waals surface area contributed by atoms with E-state index in [2.05, 4.69) is 26.6 Å². The fourth-order valence-corrected chi connectivity index (χ4v) is 2.22. The Kier molecular flexibility index (Phi) is 5.41. The number of rotatable bonds is 4. The van der Waals surface area contributed by atoms with Crippen molar-refractivity contribution < 1.29 is 9.47 Å². The van der Waals surface area contributed by atoms with Crippen LogP contribution in [0.5, 0.6) is 11.5 Å². The van der Waals surface area contributed by atoms with Crippen LogP contribution in [-0.4, -0.2) is 19.3 Å². The first kappa shape index (κ1) is 15.6. The predicted octanol–water partition coefficient (Wildman–Crippen LogP) is 4.28. The number of thiocarbonyl (C=S) groups is 1. The van der Waals surface area contributed by atoms with Crippen molar-refractivity contribution >= 4 is 44.6 Å². The van der Waals surface area contributed by atoms with Gasteiger partial charge in [-0.1, -0.05) is 15.9 Å². The Morgan fingerprint density at radius 1 is 1.00 bits per heavy atom. The zero-order chi connectivity index (χ0) is 15.2. The van der Waals surface area contributed by atoms with Crippen LogP contribution in [0.15, 0.2) is 46.9 Å². The van der Waals surface area contributed by atoms with Crippen molar-refractivity contribution in [1.29, 1.82) is 0 Å². The minimum atomic E-state index is 0.476. The van der Waals surface area contributed by atoms with Gasteiger partial charge in [-0.25, -0.2) is 0 Å². The van der Waals surface area contributed by atoms with E-state index in [0.717, 1.165) is 21.6 Å². The second kappa shape index (κ2) is 7.28. The maximum absolute atomic E-state index is 5.31. The van der Waals surface area contributed by atoms with Gasteiger partial charge in [0.15, 0.2) is 5.11 Å². The summed E-state index contributed by atoms with van der Waals surface area (Å²) in [5.74, 6) is 1.42. The molecule has 0 aromatic heterocycles. The van der Waals surface area contributed by atoms with Crippen molar-refractivity contribution in [3.8, 4) is 11.5 Å². The predicted molar refractivity (Wildman–Crippen MR) is 93.5 cm³/mol. The van der Waals surface area contributed by atoms with E-state index in [-0.39, 0.29) is 0 Å². The third-order valence-corrected chi connectivity index (χ3v) is 3.49. The van der Waals surface area contributed by atoms with Crippen LogP contribution < -0.4 is 20.1 Å². The molecule has 0 aliphatic rings. The summed E-state index contributed by atoms with van der Waals surface area (Å²) in [5.41, 5.74) is 1.64. The first-order valence-corrected chi connectivity index (χ1v) is 7.38. The Labute approximate surface area is 137 Å². The minimum absolute atomic E-state index is 0.476. The Morgan fingerprint density at radius 2 is 1.71 bits per heavy atom. The molecule has 21 heavy (non-hydrogen) atoms. The van der Waals surface area contributed by atoms with Gasteiger partial charge in [0.05, 0.1) is 19.9 Å². The van der Waals surface area contributed by atoms with Crippen LogP contribution in [0.1, 0.15) is 0 Å². The summed E-state index contributed by atoms with van der Waals surface area (Å²) < 4.78 is 11.5. The maximum atomic E-state index is 5.31. The number of benzene rings is 2. The van der Waals surface area contributed by atoms with Crippen molar-refractivity contribution in [3.05, 3.63) is 46.9 Å². The number of hydrogen-bond donors (Lipinski definition) is 2. The minimum Gasteiger partial charge on any atom is -0.497 e. The van der Waals surface area contributed by atoms with E-state index in [9.17, 15) is 0 Å². The van der Waals surface area contributed by atoms with Gasteiger partial charge in [-0.05, 0) is 48.6 Å². The second-order valence-corrected chi connectivity index (χ2v) is 5.48. The van der Waals surface area contributed by atoms with Crippen LogP contribution in [-0.2, 0) is 0 Å². The van der Waals surface area contributed by atoms with Gasteiger partial charge in [0, 0.05) is 16.2 Å². The van der Waals surface area contributed by atoms with E-state index in [0.29, 0.717) is 10.9 Å². The second-order valence-electron chi connectivity index (χ2n) is 4.15. The van der Waals surface area contributed by atoms with Gasteiger partial charge in [0.1, 0.15) is 11.5 Å². The molecule has 0 spiro atoms. The molecule has 0 fully saturated rings. The number of methoxy groups -OCH3 is 2. The molecular weight excluding hydrogens is 352 g/mol. The van der Waals surface area contributed by atoms with E-state index >= 15 is 0 Å². The van der Waals surface area contributed by atoms with Gasteiger partial charge in [0.2, 0.25) is 0 Å². The Balaban J connectivity index is 2.09. The molecule has 2 rings (SSSR count). The highest BCUT2D eigenvalue weighted by Gasteiger charge is 2.07. The topological polar surface area (TPSA) is 42.5 Å². The normalized spacial score (nSPS) is 9.86. The van der Waals surface area contributed by atoms with E-state index in [4.69, 9.17) is 21.7 Å². The Bertz CT molecular complexity index is 632. The number of hydrogen-bond acceptors (Lipinski definition) is 3. The number of nitrogens with one attached hydrogen (secondary N) is 2. The number of anilines is 2. The van der Waals surface area contributed by atoms with Crippen LogP contribution in [0.4, 0.5) is 11.4 Å². The van der Waals surface area contributed by atoms with Crippen LogP contribution in [0.3, 0.4) is 0 Å². The number of ether oxygens (including phenoxy) is 2. The maximum Gasteiger partial charge on any atom is 0.175 e. The quantitative estimate of drug-likeness (QED) is 0.790. The molecule has 0 aliphatic heterocycles. The van der Waals surface area contributed by atoms with E-state index in [1.807, 2.05) is 42.5 Å². The number of halogens is 1. The van der Waals surface area contributed by atoms with Gasteiger partial charge in [-0.3, -0.25) is 0 Å². The fraction of sp³-hybridized carbons (Fsp3) is 0.133. The van der Waals surface area contributed by atoms with Crippen molar-refractivity contribution in [2.75, 3.05) is 24.9 Å². The first-order chi connectivity index (χ1) is 10.1. The molecule has 2 aromatic carbocycles. The molecule has 2 N–H and O–H groups in total. The van der Waals surface area contributed by atoms with E-state index in [1.165, 1.54) is 0 Å². The summed E-state index contributed by atoms with van der Waals surface area (Å²) in [6.07, 6.45) is 0. The van der Waals surface area contributed by atoms with Gasteiger partial charge in [-0.15, -0.1) is 0 Å². The molecule has 0 heterocycles. The molecule has 0 unspecified atom stereocenters. The molecule has 6 heteroatoms.